The number of hydrogen-bond acceptors (Lipinski definition) is 6. The molecule has 2 aromatic carbocycles. The molecule has 0 spiro atoms. The summed E-state index contributed by atoms with van der Waals surface area (Å²) in [7, 11) is 0. The Kier molecular flexibility index (Phi) is 10.7. The number of carbonyl (C=O) groups is 4. The lowest BCUT2D eigenvalue weighted by molar-refractivity contribution is -0.147. The van der Waals surface area contributed by atoms with Gasteiger partial charge in [-0.25, -0.2) is 4.79 Å². The van der Waals surface area contributed by atoms with E-state index in [0.717, 1.165) is 6.42 Å². The molecule has 0 saturated carbocycles. The third kappa shape index (κ3) is 9.11. The molecule has 0 radical (unpaired) electrons. The van der Waals surface area contributed by atoms with Crippen LogP contribution in [0.2, 0.25) is 10.0 Å². The van der Waals surface area contributed by atoms with Crippen molar-refractivity contribution in [2.24, 2.45) is 0 Å². The van der Waals surface area contributed by atoms with Gasteiger partial charge in [-0.3, -0.25) is 14.4 Å². The van der Waals surface area contributed by atoms with Crippen LogP contribution in [0.5, 0.6) is 0 Å². The van der Waals surface area contributed by atoms with Gasteiger partial charge in [0, 0.05) is 18.5 Å². The van der Waals surface area contributed by atoms with E-state index in [-0.39, 0.29) is 35.2 Å². The summed E-state index contributed by atoms with van der Waals surface area (Å²) in [5, 5.41) is 5.66. The van der Waals surface area contributed by atoms with Gasteiger partial charge < -0.3 is 20.1 Å². The fourth-order valence-corrected chi connectivity index (χ4v) is 2.94. The largest absolute Gasteiger partial charge is 0.462 e. The topological polar surface area (TPSA) is 111 Å². The summed E-state index contributed by atoms with van der Waals surface area (Å²) in [4.78, 5) is 47.5. The van der Waals surface area contributed by atoms with E-state index in [0.29, 0.717) is 23.5 Å². The third-order valence-electron chi connectivity index (χ3n) is 4.22. The van der Waals surface area contributed by atoms with Gasteiger partial charge in [0.25, 0.3) is 5.91 Å². The van der Waals surface area contributed by atoms with E-state index in [1.165, 1.54) is 0 Å². The summed E-state index contributed by atoms with van der Waals surface area (Å²) >= 11 is 11.9. The van der Waals surface area contributed by atoms with Crippen LogP contribution in [0, 0.1) is 0 Å². The minimum atomic E-state index is -0.606. The summed E-state index contributed by atoms with van der Waals surface area (Å²) in [6.07, 6.45) is 1.03. The molecule has 0 fully saturated rings. The van der Waals surface area contributed by atoms with E-state index in [9.17, 15) is 19.2 Å². The van der Waals surface area contributed by atoms with Crippen LogP contribution in [-0.4, -0.2) is 37.0 Å². The van der Waals surface area contributed by atoms with Gasteiger partial charge in [-0.15, -0.1) is 0 Å². The average Bonchev–Trinajstić information content (AvgIpc) is 2.79. The van der Waals surface area contributed by atoms with Crippen molar-refractivity contribution in [3.05, 3.63) is 58.1 Å². The molecule has 0 bridgehead atoms. The lowest BCUT2D eigenvalue weighted by Crippen LogP contribution is -2.21. The van der Waals surface area contributed by atoms with E-state index in [1.807, 2.05) is 6.92 Å². The van der Waals surface area contributed by atoms with Crippen LogP contribution in [-0.2, 0) is 23.9 Å². The zero-order valence-corrected chi connectivity index (χ0v) is 19.5. The van der Waals surface area contributed by atoms with Crippen LogP contribution in [0.4, 0.5) is 11.4 Å². The van der Waals surface area contributed by atoms with Crippen molar-refractivity contribution < 1.29 is 28.7 Å². The van der Waals surface area contributed by atoms with Crippen LogP contribution < -0.4 is 10.6 Å². The van der Waals surface area contributed by atoms with Gasteiger partial charge in [-0.05, 0) is 49.2 Å². The first-order valence-corrected chi connectivity index (χ1v) is 11.0. The molecule has 0 aromatic heterocycles. The molecule has 0 heterocycles. The first kappa shape index (κ1) is 26.2. The number of benzene rings is 2. The Morgan fingerprint density at radius 3 is 2.30 bits per heavy atom. The standard InChI is InChI=1S/C23H24Cl2N2O6/c1-2-13-32-23(31)15-9-11-16(12-10-15)26-19(28)7-4-8-21(30)33-14-20(29)27-18-6-3-5-17(24)22(18)25/h3,5-6,9-12H,2,4,7-8,13-14H2,1H3,(H,26,28)(H,27,29). The van der Waals surface area contributed by atoms with Crippen molar-refractivity contribution in [1.29, 1.82) is 0 Å². The fourth-order valence-electron chi connectivity index (χ4n) is 2.59. The second kappa shape index (κ2) is 13.4. The van der Waals surface area contributed by atoms with Crippen molar-refractivity contribution >= 4 is 58.3 Å². The highest BCUT2D eigenvalue weighted by atomic mass is 35.5. The smallest absolute Gasteiger partial charge is 0.338 e. The molecule has 2 N–H and O–H groups in total. The number of esters is 2. The number of rotatable bonds is 11. The van der Waals surface area contributed by atoms with Gasteiger partial charge >= 0.3 is 11.9 Å². The Morgan fingerprint density at radius 2 is 1.61 bits per heavy atom. The SMILES string of the molecule is CCCOC(=O)c1ccc(NC(=O)CCCC(=O)OCC(=O)Nc2cccc(Cl)c2Cl)cc1. The van der Waals surface area contributed by atoms with E-state index < -0.39 is 24.5 Å². The highest BCUT2D eigenvalue weighted by molar-refractivity contribution is 6.44. The van der Waals surface area contributed by atoms with E-state index in [2.05, 4.69) is 10.6 Å². The zero-order chi connectivity index (χ0) is 24.2. The Bertz CT molecular complexity index is 995. The minimum absolute atomic E-state index is 0.0270. The number of anilines is 2. The average molecular weight is 495 g/mol. The predicted octanol–water partition coefficient (Wildman–Crippen LogP) is 4.85. The van der Waals surface area contributed by atoms with Crippen molar-refractivity contribution in [3.63, 3.8) is 0 Å². The Morgan fingerprint density at radius 1 is 0.879 bits per heavy atom. The molecule has 0 aliphatic rings. The molecule has 33 heavy (non-hydrogen) atoms. The van der Waals surface area contributed by atoms with Gasteiger partial charge in [-0.1, -0.05) is 36.2 Å². The summed E-state index contributed by atoms with van der Waals surface area (Å²) < 4.78 is 9.95. The molecular weight excluding hydrogens is 471 g/mol. The Balaban J connectivity index is 1.66. The maximum absolute atomic E-state index is 12.0. The maximum Gasteiger partial charge on any atom is 0.338 e. The summed E-state index contributed by atoms with van der Waals surface area (Å²) in [6, 6.07) is 11.1. The fraction of sp³-hybridized carbons (Fsp3) is 0.304. The number of nitrogens with one attached hydrogen (secondary N) is 2. The Hall–Kier alpha value is -3.10. The molecule has 0 aliphatic heterocycles. The minimum Gasteiger partial charge on any atom is -0.462 e. The molecular formula is C23H24Cl2N2O6. The molecule has 0 atom stereocenters. The highest BCUT2D eigenvalue weighted by Crippen LogP contribution is 2.29. The molecule has 2 rings (SSSR count). The number of carbonyl (C=O) groups excluding carboxylic acids is 4. The van der Waals surface area contributed by atoms with Crippen molar-refractivity contribution in [2.45, 2.75) is 32.6 Å². The second-order valence-corrected chi connectivity index (χ2v) is 7.71. The molecule has 10 heteroatoms. The summed E-state index contributed by atoms with van der Waals surface area (Å²) in [6.45, 7) is 1.77. The normalized spacial score (nSPS) is 10.3. The number of amides is 2. The van der Waals surface area contributed by atoms with Gasteiger partial charge in [-0.2, -0.15) is 0 Å². The number of halogens is 2. The van der Waals surface area contributed by atoms with Crippen molar-refractivity contribution in [3.8, 4) is 0 Å². The van der Waals surface area contributed by atoms with Gasteiger partial charge in [0.2, 0.25) is 5.91 Å². The molecule has 0 aliphatic carbocycles. The first-order valence-electron chi connectivity index (χ1n) is 10.3. The molecule has 8 nitrogen and oxygen atoms in total. The van der Waals surface area contributed by atoms with Crippen LogP contribution in [0.3, 0.4) is 0 Å². The van der Waals surface area contributed by atoms with Gasteiger partial charge in [0.15, 0.2) is 6.61 Å². The molecule has 176 valence electrons. The molecule has 2 aromatic rings. The van der Waals surface area contributed by atoms with Crippen LogP contribution >= 0.6 is 23.2 Å². The van der Waals surface area contributed by atoms with Crippen LogP contribution in [0.15, 0.2) is 42.5 Å². The lowest BCUT2D eigenvalue weighted by atomic mass is 10.2. The van der Waals surface area contributed by atoms with Gasteiger partial charge in [0.05, 0.1) is 27.9 Å². The predicted molar refractivity (Wildman–Crippen MR) is 126 cm³/mol. The quantitative estimate of drug-likeness (QED) is 0.431. The number of hydrogen-bond donors (Lipinski definition) is 2. The van der Waals surface area contributed by atoms with Crippen molar-refractivity contribution in [1.82, 2.24) is 0 Å². The van der Waals surface area contributed by atoms with Gasteiger partial charge in [0.1, 0.15) is 0 Å². The van der Waals surface area contributed by atoms with E-state index in [4.69, 9.17) is 32.7 Å². The monoisotopic (exact) mass is 494 g/mol. The molecule has 2 amide bonds. The zero-order valence-electron chi connectivity index (χ0n) is 18.0. The van der Waals surface area contributed by atoms with Crippen molar-refractivity contribution in [2.75, 3.05) is 23.8 Å². The first-order chi connectivity index (χ1) is 15.8. The van der Waals surface area contributed by atoms with Crippen LogP contribution in [0.25, 0.3) is 0 Å². The highest BCUT2D eigenvalue weighted by Gasteiger charge is 2.12. The summed E-state index contributed by atoms with van der Waals surface area (Å²) in [5.41, 5.74) is 1.23. The van der Waals surface area contributed by atoms with E-state index >= 15 is 0 Å². The Labute approximate surface area is 201 Å². The lowest BCUT2D eigenvalue weighted by Gasteiger charge is -2.09. The number of ether oxygens (including phenoxy) is 2. The van der Waals surface area contributed by atoms with Crippen LogP contribution in [0.1, 0.15) is 43.0 Å². The van der Waals surface area contributed by atoms with E-state index in [1.54, 1.807) is 42.5 Å². The summed E-state index contributed by atoms with van der Waals surface area (Å²) in [5.74, 6) is -1.88. The maximum atomic E-state index is 12.0. The third-order valence-corrected chi connectivity index (χ3v) is 5.04. The second-order valence-electron chi connectivity index (χ2n) is 6.93. The molecule has 0 unspecified atom stereocenters. The molecule has 0 saturated heterocycles.